The van der Waals surface area contributed by atoms with Gasteiger partial charge < -0.3 is 20.6 Å². The van der Waals surface area contributed by atoms with Crippen molar-refractivity contribution < 1.29 is 15.3 Å². The van der Waals surface area contributed by atoms with Crippen molar-refractivity contribution in [1.82, 2.24) is 30.1 Å². The smallest absolute Gasteiger partial charge is 0.267 e. The fourth-order valence-electron chi connectivity index (χ4n) is 3.49. The van der Waals surface area contributed by atoms with Crippen molar-refractivity contribution in [2.75, 3.05) is 6.61 Å². The van der Waals surface area contributed by atoms with Crippen molar-refractivity contribution in [3.63, 3.8) is 0 Å². The Balaban J connectivity index is 1.55. The second-order valence-corrected chi connectivity index (χ2v) is 7.03. The fraction of sp³-hybridized carbons (Fsp3) is 0.368. The van der Waals surface area contributed by atoms with Gasteiger partial charge in [-0.1, -0.05) is 35.5 Å². The van der Waals surface area contributed by atoms with Gasteiger partial charge in [0.05, 0.1) is 61.6 Å². The zero-order chi connectivity index (χ0) is 20.4. The van der Waals surface area contributed by atoms with Crippen molar-refractivity contribution in [2.24, 2.45) is 0 Å². The average Bonchev–Trinajstić information content (AvgIpc) is 3.29. The summed E-state index contributed by atoms with van der Waals surface area (Å²) in [5.41, 5.74) is 1.94. The molecule has 1 aromatic carbocycles. The second-order valence-electron chi connectivity index (χ2n) is 7.03. The number of hydrogen-bond donors (Lipinski definition) is 4. The Kier molecular flexibility index (Phi) is 5.49. The van der Waals surface area contributed by atoms with Crippen molar-refractivity contribution in [1.29, 1.82) is 0 Å². The summed E-state index contributed by atoms with van der Waals surface area (Å²) in [5.74, 6) is 0. The van der Waals surface area contributed by atoms with E-state index in [9.17, 15) is 20.1 Å². The standard InChI is InChI=1S/C19H22N6O4/c26-11-16-19(29)18(28)15(21-16)10-24-13(8-20-23-24)9-25-17(27)7-6-14(22-25)12-4-2-1-3-5-12/h1-8,15-16,18-19,21,26,28-29H,9-11H2/t15-,16-,18-,19-/m1/s1. The van der Waals surface area contributed by atoms with Crippen LogP contribution in [-0.4, -0.2) is 71.0 Å². The molecule has 10 heteroatoms. The van der Waals surface area contributed by atoms with E-state index < -0.39 is 24.3 Å². The summed E-state index contributed by atoms with van der Waals surface area (Å²) in [6.45, 7) is 0.0863. The van der Waals surface area contributed by atoms with Gasteiger partial charge in [0.15, 0.2) is 0 Å². The molecular weight excluding hydrogens is 376 g/mol. The van der Waals surface area contributed by atoms with Crippen molar-refractivity contribution in [2.45, 2.75) is 37.4 Å². The van der Waals surface area contributed by atoms with Crippen LogP contribution in [-0.2, 0) is 13.1 Å². The summed E-state index contributed by atoms with van der Waals surface area (Å²) >= 11 is 0. The molecule has 2 aromatic heterocycles. The van der Waals surface area contributed by atoms with E-state index in [2.05, 4.69) is 20.7 Å². The van der Waals surface area contributed by atoms with E-state index in [1.807, 2.05) is 30.3 Å². The molecule has 1 saturated heterocycles. The molecule has 3 aromatic rings. The van der Waals surface area contributed by atoms with Gasteiger partial charge in [-0.05, 0) is 6.07 Å². The van der Waals surface area contributed by atoms with Crippen molar-refractivity contribution >= 4 is 0 Å². The van der Waals surface area contributed by atoms with Gasteiger partial charge in [0.25, 0.3) is 5.56 Å². The van der Waals surface area contributed by atoms with Crippen LogP contribution in [0.4, 0.5) is 0 Å². The fourth-order valence-corrected chi connectivity index (χ4v) is 3.49. The van der Waals surface area contributed by atoms with Crippen LogP contribution < -0.4 is 10.9 Å². The highest BCUT2D eigenvalue weighted by Gasteiger charge is 2.40. The van der Waals surface area contributed by atoms with Gasteiger partial charge in [-0.3, -0.25) is 4.79 Å². The van der Waals surface area contributed by atoms with Gasteiger partial charge >= 0.3 is 0 Å². The Morgan fingerprint density at radius 3 is 2.48 bits per heavy atom. The van der Waals surface area contributed by atoms with Crippen LogP contribution >= 0.6 is 0 Å². The maximum absolute atomic E-state index is 12.3. The van der Waals surface area contributed by atoms with E-state index in [4.69, 9.17) is 0 Å². The highest BCUT2D eigenvalue weighted by Crippen LogP contribution is 2.17. The van der Waals surface area contributed by atoms with Gasteiger partial charge in [-0.25, -0.2) is 9.36 Å². The average molecular weight is 398 g/mol. The number of benzene rings is 1. The third-order valence-corrected chi connectivity index (χ3v) is 5.11. The number of nitrogens with zero attached hydrogens (tertiary/aromatic N) is 5. The van der Waals surface area contributed by atoms with Crippen molar-refractivity contribution in [3.8, 4) is 11.3 Å². The van der Waals surface area contributed by atoms with Crippen LogP contribution in [0.15, 0.2) is 53.5 Å². The third-order valence-electron chi connectivity index (χ3n) is 5.11. The summed E-state index contributed by atoms with van der Waals surface area (Å²) in [4.78, 5) is 12.3. The molecule has 10 nitrogen and oxygen atoms in total. The number of nitrogens with one attached hydrogen (secondary N) is 1. The van der Waals surface area contributed by atoms with Gasteiger partial charge in [0.1, 0.15) is 0 Å². The molecule has 4 rings (SSSR count). The molecule has 1 aliphatic rings. The monoisotopic (exact) mass is 398 g/mol. The predicted octanol–water partition coefficient (Wildman–Crippen LogP) is -1.40. The van der Waals surface area contributed by atoms with Crippen molar-refractivity contribution in [3.05, 3.63) is 64.7 Å². The number of aromatic nitrogens is 5. The molecule has 4 N–H and O–H groups in total. The van der Waals surface area contributed by atoms with E-state index in [0.717, 1.165) is 5.56 Å². The highest BCUT2D eigenvalue weighted by molar-refractivity contribution is 5.57. The first-order valence-corrected chi connectivity index (χ1v) is 9.31. The molecule has 1 fully saturated rings. The molecule has 0 bridgehead atoms. The Labute approximate surface area is 166 Å². The maximum atomic E-state index is 12.3. The lowest BCUT2D eigenvalue weighted by Gasteiger charge is -2.17. The summed E-state index contributed by atoms with van der Waals surface area (Å²) in [6, 6.07) is 11.6. The molecular formula is C19H22N6O4. The molecule has 29 heavy (non-hydrogen) atoms. The Morgan fingerprint density at radius 1 is 1.00 bits per heavy atom. The van der Waals surface area contributed by atoms with E-state index in [0.29, 0.717) is 11.4 Å². The van der Waals surface area contributed by atoms with Crippen LogP contribution in [0.2, 0.25) is 0 Å². The summed E-state index contributed by atoms with van der Waals surface area (Å²) in [5, 5.41) is 44.8. The van der Waals surface area contributed by atoms with Gasteiger partial charge in [0, 0.05) is 11.6 Å². The first-order chi connectivity index (χ1) is 14.1. The predicted molar refractivity (Wildman–Crippen MR) is 103 cm³/mol. The summed E-state index contributed by atoms with van der Waals surface area (Å²) < 4.78 is 2.89. The van der Waals surface area contributed by atoms with Crippen LogP contribution in [0.25, 0.3) is 11.3 Å². The zero-order valence-electron chi connectivity index (χ0n) is 15.5. The van der Waals surface area contributed by atoms with Gasteiger partial charge in [-0.2, -0.15) is 5.10 Å². The minimum atomic E-state index is -1.07. The third kappa shape index (κ3) is 3.96. The Bertz CT molecular complexity index is 1020. The molecule has 0 unspecified atom stereocenters. The number of rotatable bonds is 6. The molecule has 152 valence electrons. The summed E-state index contributed by atoms with van der Waals surface area (Å²) in [7, 11) is 0. The normalized spacial score (nSPS) is 24.1. The first kappa shape index (κ1) is 19.4. The van der Waals surface area contributed by atoms with E-state index >= 15 is 0 Å². The highest BCUT2D eigenvalue weighted by atomic mass is 16.3. The van der Waals surface area contributed by atoms with Crippen LogP contribution in [0.1, 0.15) is 5.69 Å². The number of aliphatic hydroxyl groups is 3. The zero-order valence-corrected chi connectivity index (χ0v) is 15.5. The maximum Gasteiger partial charge on any atom is 0.267 e. The molecule has 0 aliphatic carbocycles. The molecule has 0 saturated carbocycles. The topological polar surface area (TPSA) is 138 Å². The van der Waals surface area contributed by atoms with Crippen LogP contribution in [0, 0.1) is 0 Å². The minimum Gasteiger partial charge on any atom is -0.395 e. The van der Waals surface area contributed by atoms with Gasteiger partial charge in [0.2, 0.25) is 0 Å². The number of hydrogen-bond acceptors (Lipinski definition) is 8. The van der Waals surface area contributed by atoms with Crippen LogP contribution in [0.3, 0.4) is 0 Å². The quantitative estimate of drug-likeness (QED) is 0.398. The largest absolute Gasteiger partial charge is 0.395 e. The minimum absolute atomic E-state index is 0.154. The molecule has 0 spiro atoms. The molecule has 0 radical (unpaired) electrons. The Morgan fingerprint density at radius 2 is 1.76 bits per heavy atom. The summed E-state index contributed by atoms with van der Waals surface area (Å²) in [6.07, 6.45) is -0.583. The van der Waals surface area contributed by atoms with Gasteiger partial charge in [-0.15, -0.1) is 5.10 Å². The van der Waals surface area contributed by atoms with Crippen LogP contribution in [0.5, 0.6) is 0 Å². The Hall–Kier alpha value is -2.92. The lowest BCUT2D eigenvalue weighted by atomic mass is 10.1. The molecule has 4 atom stereocenters. The van der Waals surface area contributed by atoms with E-state index in [1.54, 1.807) is 10.7 Å². The molecule has 1 aliphatic heterocycles. The van der Waals surface area contributed by atoms with E-state index in [-0.39, 0.29) is 25.3 Å². The lowest BCUT2D eigenvalue weighted by Crippen LogP contribution is -2.39. The van der Waals surface area contributed by atoms with E-state index in [1.165, 1.54) is 16.9 Å². The first-order valence-electron chi connectivity index (χ1n) is 9.31. The SMILES string of the molecule is O=c1ccc(-c2ccccc2)nn1Cc1cnnn1C[C@H]1N[C@H](CO)[C@@H](O)[C@@H]1O. The molecule has 0 amide bonds. The molecule has 3 heterocycles. The number of aliphatic hydroxyl groups excluding tert-OH is 3. The second kappa shape index (κ2) is 8.21. The lowest BCUT2D eigenvalue weighted by molar-refractivity contribution is 0.0174.